The lowest BCUT2D eigenvalue weighted by molar-refractivity contribution is -0.139. The number of nitrogens with one attached hydrogen (secondary N) is 1. The van der Waals surface area contributed by atoms with E-state index in [2.05, 4.69) is 34.5 Å². The largest absolute Gasteiger partial charge is 0.494 e. The minimum atomic E-state index is -0.202. The van der Waals surface area contributed by atoms with Gasteiger partial charge in [-0.1, -0.05) is 56.3 Å². The molecule has 2 fully saturated rings. The van der Waals surface area contributed by atoms with E-state index >= 15 is 0 Å². The predicted octanol–water partition coefficient (Wildman–Crippen LogP) is 4.80. The second-order valence-electron chi connectivity index (χ2n) is 10.6. The van der Waals surface area contributed by atoms with Crippen molar-refractivity contribution in [1.29, 1.82) is 0 Å². The number of nitrogens with zero attached hydrogens (tertiary/aromatic N) is 2. The number of piperidine rings is 1. The molecule has 2 saturated heterocycles. The third-order valence-electron chi connectivity index (χ3n) is 7.80. The molecule has 0 aliphatic carbocycles. The molecular formula is C30H41N3O3. The van der Waals surface area contributed by atoms with Gasteiger partial charge in [-0.25, -0.2) is 0 Å². The summed E-state index contributed by atoms with van der Waals surface area (Å²) in [7, 11) is 0. The van der Waals surface area contributed by atoms with Crippen LogP contribution in [0.15, 0.2) is 54.6 Å². The van der Waals surface area contributed by atoms with Gasteiger partial charge in [0.15, 0.2) is 0 Å². The summed E-state index contributed by atoms with van der Waals surface area (Å²) in [5, 5.41) is 3.23. The van der Waals surface area contributed by atoms with Gasteiger partial charge in [-0.15, -0.1) is 0 Å². The maximum atomic E-state index is 13.4. The highest BCUT2D eigenvalue weighted by Gasteiger charge is 2.47. The van der Waals surface area contributed by atoms with Crippen LogP contribution in [0.5, 0.6) is 5.75 Å². The summed E-state index contributed by atoms with van der Waals surface area (Å²) in [6, 6.07) is 18.3. The van der Waals surface area contributed by atoms with Crippen LogP contribution in [0.2, 0.25) is 0 Å². The van der Waals surface area contributed by atoms with Crippen LogP contribution in [0.4, 0.5) is 0 Å². The van der Waals surface area contributed by atoms with Gasteiger partial charge in [0.1, 0.15) is 5.75 Å². The fraction of sp³-hybridized carbons (Fsp3) is 0.533. The molecule has 0 radical (unpaired) electrons. The van der Waals surface area contributed by atoms with Crippen molar-refractivity contribution in [2.45, 2.75) is 59.0 Å². The lowest BCUT2D eigenvalue weighted by Gasteiger charge is -2.38. The van der Waals surface area contributed by atoms with E-state index in [0.29, 0.717) is 19.1 Å². The maximum absolute atomic E-state index is 13.4. The van der Waals surface area contributed by atoms with Gasteiger partial charge in [0.25, 0.3) is 0 Å². The Balaban J connectivity index is 1.29. The van der Waals surface area contributed by atoms with Crippen molar-refractivity contribution < 1.29 is 14.3 Å². The fourth-order valence-corrected chi connectivity index (χ4v) is 5.45. The van der Waals surface area contributed by atoms with Crippen LogP contribution in [0.1, 0.15) is 63.6 Å². The van der Waals surface area contributed by atoms with Gasteiger partial charge < -0.3 is 19.9 Å². The van der Waals surface area contributed by atoms with E-state index in [4.69, 9.17) is 4.74 Å². The number of carbonyl (C=O) groups is 2. The molecule has 2 aliphatic heterocycles. The Kier molecular flexibility index (Phi) is 8.68. The van der Waals surface area contributed by atoms with E-state index in [1.165, 1.54) is 0 Å². The first-order valence-electron chi connectivity index (χ1n) is 13.5. The molecular weight excluding hydrogens is 450 g/mol. The van der Waals surface area contributed by atoms with E-state index in [1.54, 1.807) is 0 Å². The third kappa shape index (κ3) is 6.28. The van der Waals surface area contributed by atoms with Crippen molar-refractivity contribution in [3.05, 3.63) is 65.7 Å². The second kappa shape index (κ2) is 11.9. The summed E-state index contributed by atoms with van der Waals surface area (Å²) >= 11 is 0. The monoisotopic (exact) mass is 491 g/mol. The highest BCUT2D eigenvalue weighted by atomic mass is 16.5. The first-order chi connectivity index (χ1) is 17.4. The van der Waals surface area contributed by atoms with Crippen LogP contribution in [0.25, 0.3) is 0 Å². The zero-order chi connectivity index (χ0) is 25.5. The Morgan fingerprint density at radius 1 is 1.00 bits per heavy atom. The molecule has 4 rings (SSSR count). The SMILES string of the molecule is CCOc1ccc(CN2CCC3(CCN(CCC(NC(=O)C(C)C)c4ccccc4)CC3)C2=O)cc1. The number of carbonyl (C=O) groups excluding carboxylic acids is 2. The number of rotatable bonds is 10. The average molecular weight is 492 g/mol. The van der Waals surface area contributed by atoms with Crippen molar-refractivity contribution in [3.63, 3.8) is 0 Å². The lowest BCUT2D eigenvalue weighted by Crippen LogP contribution is -2.45. The van der Waals surface area contributed by atoms with Gasteiger partial charge in [0.2, 0.25) is 11.8 Å². The Bertz CT molecular complexity index is 998. The number of likely N-dealkylation sites (tertiary alicyclic amines) is 2. The molecule has 6 nitrogen and oxygen atoms in total. The van der Waals surface area contributed by atoms with Crippen LogP contribution < -0.4 is 10.1 Å². The third-order valence-corrected chi connectivity index (χ3v) is 7.80. The van der Waals surface area contributed by atoms with E-state index < -0.39 is 0 Å². The first-order valence-corrected chi connectivity index (χ1v) is 13.5. The van der Waals surface area contributed by atoms with Crippen LogP contribution in [-0.4, -0.2) is 54.4 Å². The number of hydrogen-bond donors (Lipinski definition) is 1. The van der Waals surface area contributed by atoms with Gasteiger partial charge in [0.05, 0.1) is 18.1 Å². The zero-order valence-electron chi connectivity index (χ0n) is 22.0. The van der Waals surface area contributed by atoms with Gasteiger partial charge in [-0.3, -0.25) is 9.59 Å². The summed E-state index contributed by atoms with van der Waals surface area (Å²) in [5.74, 6) is 1.24. The van der Waals surface area contributed by atoms with Crippen molar-refractivity contribution in [1.82, 2.24) is 15.1 Å². The molecule has 2 aromatic rings. The summed E-state index contributed by atoms with van der Waals surface area (Å²) in [4.78, 5) is 30.4. The molecule has 0 bridgehead atoms. The Morgan fingerprint density at radius 3 is 2.31 bits per heavy atom. The van der Waals surface area contributed by atoms with Gasteiger partial charge in [-0.2, -0.15) is 0 Å². The van der Waals surface area contributed by atoms with E-state index in [1.807, 2.05) is 56.0 Å². The summed E-state index contributed by atoms with van der Waals surface area (Å²) in [6.45, 7) is 10.8. The van der Waals surface area contributed by atoms with Crippen molar-refractivity contribution in [3.8, 4) is 5.75 Å². The normalized spacial score (nSPS) is 18.6. The molecule has 2 aromatic carbocycles. The van der Waals surface area contributed by atoms with Crippen LogP contribution in [0, 0.1) is 11.3 Å². The molecule has 1 spiro atoms. The number of amides is 2. The molecule has 1 N–H and O–H groups in total. The molecule has 1 atom stereocenters. The minimum absolute atomic E-state index is 0.00899. The number of benzene rings is 2. The molecule has 2 aliphatic rings. The minimum Gasteiger partial charge on any atom is -0.494 e. The van der Waals surface area contributed by atoms with Gasteiger partial charge in [0, 0.05) is 25.6 Å². The average Bonchev–Trinajstić information content (AvgIpc) is 3.19. The molecule has 1 unspecified atom stereocenters. The highest BCUT2D eigenvalue weighted by molar-refractivity contribution is 5.85. The molecule has 36 heavy (non-hydrogen) atoms. The summed E-state index contributed by atoms with van der Waals surface area (Å²) in [5.41, 5.74) is 2.10. The topological polar surface area (TPSA) is 61.9 Å². The van der Waals surface area contributed by atoms with Crippen molar-refractivity contribution in [2.24, 2.45) is 11.3 Å². The number of ether oxygens (including phenoxy) is 1. The van der Waals surface area contributed by atoms with E-state index in [0.717, 1.165) is 68.7 Å². The predicted molar refractivity (Wildman–Crippen MR) is 143 cm³/mol. The fourth-order valence-electron chi connectivity index (χ4n) is 5.45. The van der Waals surface area contributed by atoms with Crippen molar-refractivity contribution >= 4 is 11.8 Å². The number of hydrogen-bond acceptors (Lipinski definition) is 4. The van der Waals surface area contributed by atoms with E-state index in [9.17, 15) is 9.59 Å². The summed E-state index contributed by atoms with van der Waals surface area (Å²) < 4.78 is 5.54. The standard InChI is InChI=1S/C30H41N3O3/c1-4-36-26-12-10-24(11-13-26)22-33-21-17-30(29(33)35)15-19-32(20-16-30)18-14-27(31-28(34)23(2)3)25-8-6-5-7-9-25/h5-13,23,27H,4,14-22H2,1-3H3,(H,31,34). The molecule has 2 amide bonds. The Hall–Kier alpha value is -2.86. The Morgan fingerprint density at radius 2 is 1.67 bits per heavy atom. The zero-order valence-corrected chi connectivity index (χ0v) is 22.0. The van der Waals surface area contributed by atoms with Crippen LogP contribution in [0.3, 0.4) is 0 Å². The van der Waals surface area contributed by atoms with E-state index in [-0.39, 0.29) is 23.3 Å². The smallest absolute Gasteiger partial charge is 0.229 e. The van der Waals surface area contributed by atoms with Gasteiger partial charge in [-0.05, 0) is 69.0 Å². The molecule has 2 heterocycles. The molecule has 0 saturated carbocycles. The molecule has 6 heteroatoms. The Labute approximate surface area is 216 Å². The first kappa shape index (κ1) is 26.2. The lowest BCUT2D eigenvalue weighted by atomic mass is 9.77. The maximum Gasteiger partial charge on any atom is 0.229 e. The molecule has 194 valence electrons. The quantitative estimate of drug-likeness (QED) is 0.519. The molecule has 0 aromatic heterocycles. The summed E-state index contributed by atoms with van der Waals surface area (Å²) in [6.07, 6.45) is 3.65. The van der Waals surface area contributed by atoms with Crippen molar-refractivity contribution in [2.75, 3.05) is 32.8 Å². The second-order valence-corrected chi connectivity index (χ2v) is 10.6. The van der Waals surface area contributed by atoms with Crippen LogP contribution >= 0.6 is 0 Å². The van der Waals surface area contributed by atoms with Crippen LogP contribution in [-0.2, 0) is 16.1 Å². The van der Waals surface area contributed by atoms with Gasteiger partial charge >= 0.3 is 0 Å². The highest BCUT2D eigenvalue weighted by Crippen LogP contribution is 2.42.